The van der Waals surface area contributed by atoms with Crippen molar-refractivity contribution in [3.63, 3.8) is 0 Å². The molecule has 1 aromatic carbocycles. The molecule has 1 atom stereocenters. The summed E-state index contributed by atoms with van der Waals surface area (Å²) in [4.78, 5) is 33.9. The highest BCUT2D eigenvalue weighted by Gasteiger charge is 2.26. The summed E-state index contributed by atoms with van der Waals surface area (Å²) in [5.41, 5.74) is 5.53. The molecule has 1 aromatic rings. The van der Waals surface area contributed by atoms with E-state index in [1.807, 2.05) is 0 Å². The monoisotopic (exact) mass is 315 g/mol. The third kappa shape index (κ3) is 4.74. The van der Waals surface area contributed by atoms with Crippen LogP contribution in [0.4, 0.5) is 0 Å². The summed E-state index contributed by atoms with van der Waals surface area (Å²) in [6.07, 6.45) is 0.877. The van der Waals surface area contributed by atoms with Crippen LogP contribution in [-0.2, 0) is 9.59 Å². The number of rotatable bonds is 5. The number of amides is 3. The van der Waals surface area contributed by atoms with Crippen molar-refractivity contribution in [1.29, 1.82) is 0 Å². The van der Waals surface area contributed by atoms with Crippen LogP contribution in [0.25, 0.3) is 0 Å². The number of hydrogen-bond acceptors (Lipinski definition) is 4. The fourth-order valence-electron chi connectivity index (χ4n) is 2.09. The van der Waals surface area contributed by atoms with Crippen LogP contribution in [0.15, 0.2) is 24.3 Å². The summed E-state index contributed by atoms with van der Waals surface area (Å²) in [5.74, 6) is 4.90. The lowest BCUT2D eigenvalue weighted by Gasteiger charge is -2.08. The Bertz CT molecular complexity index is 675. The molecule has 1 aliphatic rings. The molecule has 23 heavy (non-hydrogen) atoms. The van der Waals surface area contributed by atoms with Crippen molar-refractivity contribution >= 4 is 17.7 Å². The van der Waals surface area contributed by atoms with Crippen LogP contribution >= 0.6 is 0 Å². The van der Waals surface area contributed by atoms with Gasteiger partial charge in [-0.15, -0.1) is 0 Å². The number of primary amides is 1. The van der Waals surface area contributed by atoms with Crippen LogP contribution in [0, 0.1) is 11.8 Å². The molecule has 0 bridgehead atoms. The Morgan fingerprint density at radius 2 is 2.13 bits per heavy atom. The summed E-state index contributed by atoms with van der Waals surface area (Å²) in [6, 6.07) is 6.15. The molecule has 1 saturated heterocycles. The lowest BCUT2D eigenvalue weighted by atomic mass is 10.2. The van der Waals surface area contributed by atoms with E-state index in [-0.39, 0.29) is 25.0 Å². The summed E-state index contributed by atoms with van der Waals surface area (Å²) in [6.45, 7) is 0.229. The van der Waals surface area contributed by atoms with Gasteiger partial charge >= 0.3 is 0 Å². The smallest absolute Gasteiger partial charge is 0.252 e. The molecule has 1 heterocycles. The second kappa shape index (κ2) is 7.84. The Kier molecular flexibility index (Phi) is 5.58. The average Bonchev–Trinajstić information content (AvgIpc) is 2.97. The largest absolute Gasteiger partial charge is 0.480 e. The molecule has 7 nitrogen and oxygen atoms in total. The van der Waals surface area contributed by atoms with Gasteiger partial charge in [-0.25, -0.2) is 0 Å². The quantitative estimate of drug-likeness (QED) is 0.640. The molecular weight excluding hydrogens is 298 g/mol. The minimum absolute atomic E-state index is 0.0698. The maximum atomic E-state index is 11.7. The molecule has 1 aliphatic heterocycles. The molecule has 1 unspecified atom stereocenters. The first kappa shape index (κ1) is 16.4. The Morgan fingerprint density at radius 1 is 1.35 bits per heavy atom. The first-order chi connectivity index (χ1) is 11.1. The topological polar surface area (TPSA) is 111 Å². The third-order valence-electron chi connectivity index (χ3n) is 3.24. The van der Waals surface area contributed by atoms with E-state index >= 15 is 0 Å². The van der Waals surface area contributed by atoms with Crippen LogP contribution in [0.2, 0.25) is 0 Å². The number of hydrogen-bond donors (Lipinski definition) is 3. The van der Waals surface area contributed by atoms with Gasteiger partial charge in [0.2, 0.25) is 11.8 Å². The van der Waals surface area contributed by atoms with Crippen LogP contribution in [0.1, 0.15) is 23.2 Å². The highest BCUT2D eigenvalue weighted by atomic mass is 16.5. The van der Waals surface area contributed by atoms with Gasteiger partial charge in [0.1, 0.15) is 18.4 Å². The fourth-order valence-corrected chi connectivity index (χ4v) is 2.09. The first-order valence-electron chi connectivity index (χ1n) is 7.12. The molecule has 7 heteroatoms. The van der Waals surface area contributed by atoms with E-state index < -0.39 is 11.9 Å². The second-order valence-electron chi connectivity index (χ2n) is 4.88. The standard InChI is InChI=1S/C16H17N3O4/c17-15(21)11-5-1-2-6-13(11)23-10-4-3-9-18-16(22)12-7-8-14(20)19-12/h1-2,5-6,12H,7-10H2,(H2,17,21)(H,18,22)(H,19,20). The Morgan fingerprint density at radius 3 is 2.83 bits per heavy atom. The molecule has 120 valence electrons. The van der Waals surface area contributed by atoms with E-state index in [0.717, 1.165) is 0 Å². The maximum absolute atomic E-state index is 11.7. The molecule has 0 saturated carbocycles. The van der Waals surface area contributed by atoms with Gasteiger partial charge in [-0.3, -0.25) is 14.4 Å². The van der Waals surface area contributed by atoms with Crippen LogP contribution in [-0.4, -0.2) is 36.9 Å². The lowest BCUT2D eigenvalue weighted by Crippen LogP contribution is -2.41. The predicted molar refractivity (Wildman–Crippen MR) is 82.4 cm³/mol. The molecule has 0 radical (unpaired) electrons. The molecule has 1 fully saturated rings. The van der Waals surface area contributed by atoms with Crippen molar-refractivity contribution in [2.24, 2.45) is 5.73 Å². The van der Waals surface area contributed by atoms with Crippen molar-refractivity contribution < 1.29 is 19.1 Å². The van der Waals surface area contributed by atoms with Crippen molar-refractivity contribution in [1.82, 2.24) is 10.6 Å². The normalized spacial score (nSPS) is 16.0. The van der Waals surface area contributed by atoms with E-state index in [1.165, 1.54) is 0 Å². The Hall–Kier alpha value is -3.01. The molecule has 0 aromatic heterocycles. The van der Waals surface area contributed by atoms with E-state index in [1.54, 1.807) is 24.3 Å². The van der Waals surface area contributed by atoms with E-state index in [2.05, 4.69) is 22.5 Å². The van der Waals surface area contributed by atoms with Gasteiger partial charge in [0.05, 0.1) is 12.1 Å². The number of nitrogens with two attached hydrogens (primary N) is 1. The highest BCUT2D eigenvalue weighted by Crippen LogP contribution is 2.16. The van der Waals surface area contributed by atoms with Crippen molar-refractivity contribution in [3.8, 4) is 17.6 Å². The highest BCUT2D eigenvalue weighted by molar-refractivity contribution is 5.95. The van der Waals surface area contributed by atoms with Crippen LogP contribution < -0.4 is 21.1 Å². The average molecular weight is 315 g/mol. The molecule has 0 aliphatic carbocycles. The number of ether oxygens (including phenoxy) is 1. The van der Waals surface area contributed by atoms with Crippen LogP contribution in [0.3, 0.4) is 0 Å². The maximum Gasteiger partial charge on any atom is 0.252 e. The Labute approximate surface area is 133 Å². The zero-order chi connectivity index (χ0) is 16.7. The van der Waals surface area contributed by atoms with Gasteiger partial charge in [0, 0.05) is 6.42 Å². The fraction of sp³-hybridized carbons (Fsp3) is 0.312. The van der Waals surface area contributed by atoms with Gasteiger partial charge in [-0.2, -0.15) is 0 Å². The third-order valence-corrected chi connectivity index (χ3v) is 3.24. The molecule has 4 N–H and O–H groups in total. The summed E-state index contributed by atoms with van der Waals surface area (Å²) < 4.78 is 5.38. The van der Waals surface area contributed by atoms with E-state index in [4.69, 9.17) is 10.5 Å². The van der Waals surface area contributed by atoms with E-state index in [9.17, 15) is 14.4 Å². The Balaban J connectivity index is 1.73. The number of carbonyl (C=O) groups is 3. The zero-order valence-corrected chi connectivity index (χ0v) is 12.4. The second-order valence-corrected chi connectivity index (χ2v) is 4.88. The van der Waals surface area contributed by atoms with Gasteiger partial charge in [-0.05, 0) is 18.6 Å². The number of para-hydroxylation sites is 1. The number of nitrogens with one attached hydrogen (secondary N) is 2. The number of benzene rings is 1. The van der Waals surface area contributed by atoms with Crippen molar-refractivity contribution in [2.45, 2.75) is 18.9 Å². The molecule has 3 amide bonds. The number of carbonyl (C=O) groups excluding carboxylic acids is 3. The zero-order valence-electron chi connectivity index (χ0n) is 12.4. The molecule has 2 rings (SSSR count). The minimum atomic E-state index is -0.570. The van der Waals surface area contributed by atoms with Crippen molar-refractivity contribution in [2.75, 3.05) is 13.2 Å². The van der Waals surface area contributed by atoms with Gasteiger partial charge < -0.3 is 21.1 Å². The summed E-state index contributed by atoms with van der Waals surface area (Å²) in [7, 11) is 0. The predicted octanol–water partition coefficient (Wildman–Crippen LogP) is -0.438. The van der Waals surface area contributed by atoms with Gasteiger partial charge in [-0.1, -0.05) is 24.0 Å². The summed E-state index contributed by atoms with van der Waals surface area (Å²) >= 11 is 0. The first-order valence-corrected chi connectivity index (χ1v) is 7.12. The van der Waals surface area contributed by atoms with Gasteiger partial charge in [0.25, 0.3) is 5.91 Å². The molecular formula is C16H17N3O4. The lowest BCUT2D eigenvalue weighted by molar-refractivity contribution is -0.125. The van der Waals surface area contributed by atoms with E-state index in [0.29, 0.717) is 24.2 Å². The SMILES string of the molecule is NC(=O)c1ccccc1OCC#CCNC(=O)C1CCC(=O)N1. The van der Waals surface area contributed by atoms with Gasteiger partial charge in [0.15, 0.2) is 0 Å². The van der Waals surface area contributed by atoms with Crippen molar-refractivity contribution in [3.05, 3.63) is 29.8 Å². The van der Waals surface area contributed by atoms with Crippen LogP contribution in [0.5, 0.6) is 5.75 Å². The minimum Gasteiger partial charge on any atom is -0.480 e. The molecule has 0 spiro atoms. The summed E-state index contributed by atoms with van der Waals surface area (Å²) in [5, 5.41) is 5.19.